The molecule has 0 fully saturated rings. The summed E-state index contributed by atoms with van der Waals surface area (Å²) in [6.07, 6.45) is 0. The molecule has 80 valence electrons. The molecule has 0 bridgehead atoms. The molecule has 0 spiro atoms. The Morgan fingerprint density at radius 2 is 2.27 bits per heavy atom. The van der Waals surface area contributed by atoms with E-state index >= 15 is 0 Å². The molecule has 0 aliphatic carbocycles. The Bertz CT molecular complexity index is 376. The predicted molar refractivity (Wildman–Crippen MR) is 63.3 cm³/mol. The quantitative estimate of drug-likeness (QED) is 0.804. The summed E-state index contributed by atoms with van der Waals surface area (Å²) in [5, 5.41) is 7.25. The van der Waals surface area contributed by atoms with Crippen molar-refractivity contribution >= 4 is 17.6 Å². The summed E-state index contributed by atoms with van der Waals surface area (Å²) < 4.78 is 0. The third-order valence-corrected chi connectivity index (χ3v) is 2.74. The monoisotopic (exact) mass is 223 g/mol. The topological polar surface area (TPSA) is 36.4 Å². The lowest BCUT2D eigenvalue weighted by atomic mass is 10.1. The van der Waals surface area contributed by atoms with Crippen LogP contribution in [0.25, 0.3) is 0 Å². The van der Waals surface area contributed by atoms with Crippen LogP contribution in [0.3, 0.4) is 0 Å². The highest BCUT2D eigenvalue weighted by molar-refractivity contribution is 6.31. The maximum absolute atomic E-state index is 6.10. The van der Waals surface area contributed by atoms with E-state index < -0.39 is 0 Å². The number of benzene rings is 1. The van der Waals surface area contributed by atoms with Gasteiger partial charge in [-0.1, -0.05) is 29.8 Å². The molecule has 1 heterocycles. The largest absolute Gasteiger partial charge is 0.355 e. The van der Waals surface area contributed by atoms with Gasteiger partial charge in [0.1, 0.15) is 0 Å². The van der Waals surface area contributed by atoms with Crippen LogP contribution in [-0.4, -0.2) is 19.0 Å². The molecule has 15 heavy (non-hydrogen) atoms. The summed E-state index contributed by atoms with van der Waals surface area (Å²) in [6, 6.07) is 8.02. The lowest BCUT2D eigenvalue weighted by Gasteiger charge is -2.16. The lowest BCUT2D eigenvalue weighted by molar-refractivity contribution is 0.702. The number of rotatable bonds is 2. The Balaban J connectivity index is 2.07. The number of halogens is 1. The van der Waals surface area contributed by atoms with Crippen molar-refractivity contribution in [3.8, 4) is 0 Å². The fourth-order valence-electron chi connectivity index (χ4n) is 1.60. The highest BCUT2D eigenvalue weighted by Crippen LogP contribution is 2.21. The van der Waals surface area contributed by atoms with Gasteiger partial charge in [0, 0.05) is 11.6 Å². The molecule has 3 nitrogen and oxygen atoms in total. The van der Waals surface area contributed by atoms with E-state index in [-0.39, 0.29) is 6.04 Å². The number of nitrogens with zero attached hydrogens (tertiary/aromatic N) is 1. The summed E-state index contributed by atoms with van der Waals surface area (Å²) in [6.45, 7) is 3.83. The van der Waals surface area contributed by atoms with E-state index in [4.69, 9.17) is 11.6 Å². The van der Waals surface area contributed by atoms with Gasteiger partial charge in [-0.05, 0) is 18.6 Å². The minimum atomic E-state index is 0.169. The predicted octanol–water partition coefficient (Wildman–Crippen LogP) is 1.95. The average Bonchev–Trinajstić information content (AvgIpc) is 2.71. The molecular formula is C11H14ClN3. The minimum Gasteiger partial charge on any atom is -0.355 e. The summed E-state index contributed by atoms with van der Waals surface area (Å²) in [5.41, 5.74) is 1.09. The van der Waals surface area contributed by atoms with Gasteiger partial charge in [-0.15, -0.1) is 0 Å². The average molecular weight is 224 g/mol. The summed E-state index contributed by atoms with van der Waals surface area (Å²) >= 11 is 6.10. The van der Waals surface area contributed by atoms with Crippen molar-refractivity contribution in [2.45, 2.75) is 13.0 Å². The third-order valence-electron chi connectivity index (χ3n) is 2.40. The smallest absolute Gasteiger partial charge is 0.191 e. The number of guanidine groups is 1. The molecule has 0 aromatic heterocycles. The molecule has 0 amide bonds. The van der Waals surface area contributed by atoms with Gasteiger partial charge in [-0.2, -0.15) is 0 Å². The molecule has 1 atom stereocenters. The summed E-state index contributed by atoms with van der Waals surface area (Å²) in [5.74, 6) is 0.863. The fraction of sp³-hybridized carbons (Fsp3) is 0.364. The molecule has 1 aliphatic rings. The standard InChI is InChI=1S/C11H14ClN3/c1-8(15-11-13-6-7-14-11)9-4-2-3-5-10(9)12/h2-5,8H,6-7H2,1H3,(H2,13,14,15)/t8-/m1/s1. The molecule has 1 aliphatic heterocycles. The highest BCUT2D eigenvalue weighted by atomic mass is 35.5. The van der Waals surface area contributed by atoms with Crippen LogP contribution in [-0.2, 0) is 0 Å². The zero-order valence-corrected chi connectivity index (χ0v) is 9.38. The van der Waals surface area contributed by atoms with Crippen LogP contribution in [0.5, 0.6) is 0 Å². The first-order valence-electron chi connectivity index (χ1n) is 5.06. The molecule has 1 aromatic carbocycles. The molecule has 1 aromatic rings. The Morgan fingerprint density at radius 1 is 1.47 bits per heavy atom. The van der Waals surface area contributed by atoms with E-state index in [0.29, 0.717) is 0 Å². The van der Waals surface area contributed by atoms with Gasteiger partial charge in [0.15, 0.2) is 5.96 Å². The van der Waals surface area contributed by atoms with E-state index in [0.717, 1.165) is 29.6 Å². The van der Waals surface area contributed by atoms with Crippen LogP contribution >= 0.6 is 11.6 Å². The molecular weight excluding hydrogens is 210 g/mol. The van der Waals surface area contributed by atoms with Gasteiger partial charge < -0.3 is 10.6 Å². The van der Waals surface area contributed by atoms with Gasteiger partial charge in [-0.25, -0.2) is 0 Å². The van der Waals surface area contributed by atoms with E-state index in [1.54, 1.807) is 0 Å². The van der Waals surface area contributed by atoms with E-state index in [2.05, 4.69) is 22.5 Å². The zero-order valence-electron chi connectivity index (χ0n) is 8.63. The SMILES string of the molecule is C[C@@H](NC1=NCCN1)c1ccccc1Cl. The lowest BCUT2D eigenvalue weighted by Crippen LogP contribution is -2.35. The Kier molecular flexibility index (Phi) is 3.11. The van der Waals surface area contributed by atoms with E-state index in [1.807, 2.05) is 24.3 Å². The van der Waals surface area contributed by atoms with Crippen LogP contribution in [0, 0.1) is 0 Å². The third kappa shape index (κ3) is 2.42. The molecule has 2 N–H and O–H groups in total. The van der Waals surface area contributed by atoms with Crippen LogP contribution in [0.1, 0.15) is 18.5 Å². The number of nitrogens with one attached hydrogen (secondary N) is 2. The number of hydrogen-bond donors (Lipinski definition) is 2. The van der Waals surface area contributed by atoms with Crippen LogP contribution in [0.2, 0.25) is 5.02 Å². The van der Waals surface area contributed by atoms with Gasteiger partial charge >= 0.3 is 0 Å². The Hall–Kier alpha value is -1.22. The van der Waals surface area contributed by atoms with Crippen LogP contribution in [0.4, 0.5) is 0 Å². The van der Waals surface area contributed by atoms with Gasteiger partial charge in [0.05, 0.1) is 12.6 Å². The molecule has 0 radical (unpaired) electrons. The minimum absolute atomic E-state index is 0.169. The van der Waals surface area contributed by atoms with Crippen molar-refractivity contribution in [1.82, 2.24) is 10.6 Å². The Labute approximate surface area is 94.5 Å². The summed E-state index contributed by atoms with van der Waals surface area (Å²) in [4.78, 5) is 4.28. The number of hydrogen-bond acceptors (Lipinski definition) is 3. The first-order chi connectivity index (χ1) is 7.27. The van der Waals surface area contributed by atoms with Crippen molar-refractivity contribution in [1.29, 1.82) is 0 Å². The fourth-order valence-corrected chi connectivity index (χ4v) is 1.90. The van der Waals surface area contributed by atoms with Gasteiger partial charge in [-0.3, -0.25) is 4.99 Å². The second-order valence-electron chi connectivity index (χ2n) is 3.54. The number of aliphatic imine (C=N–C) groups is 1. The van der Waals surface area contributed by atoms with Crippen LogP contribution in [0.15, 0.2) is 29.3 Å². The molecule has 0 unspecified atom stereocenters. The van der Waals surface area contributed by atoms with E-state index in [9.17, 15) is 0 Å². The second-order valence-corrected chi connectivity index (χ2v) is 3.95. The first kappa shape index (κ1) is 10.3. The van der Waals surface area contributed by atoms with Crippen molar-refractivity contribution in [2.24, 2.45) is 4.99 Å². The van der Waals surface area contributed by atoms with Crippen molar-refractivity contribution in [3.05, 3.63) is 34.9 Å². The van der Waals surface area contributed by atoms with Crippen LogP contribution < -0.4 is 10.6 Å². The maximum atomic E-state index is 6.10. The van der Waals surface area contributed by atoms with E-state index in [1.165, 1.54) is 0 Å². The highest BCUT2D eigenvalue weighted by Gasteiger charge is 2.12. The van der Waals surface area contributed by atoms with Gasteiger partial charge in [0.2, 0.25) is 0 Å². The second kappa shape index (κ2) is 4.53. The zero-order chi connectivity index (χ0) is 10.7. The van der Waals surface area contributed by atoms with Crippen molar-refractivity contribution in [2.75, 3.05) is 13.1 Å². The van der Waals surface area contributed by atoms with Crippen molar-refractivity contribution < 1.29 is 0 Å². The molecule has 2 rings (SSSR count). The van der Waals surface area contributed by atoms with Crippen molar-refractivity contribution in [3.63, 3.8) is 0 Å². The normalized spacial score (nSPS) is 16.8. The van der Waals surface area contributed by atoms with Gasteiger partial charge in [0.25, 0.3) is 0 Å². The first-order valence-corrected chi connectivity index (χ1v) is 5.44. The maximum Gasteiger partial charge on any atom is 0.191 e. The molecule has 4 heteroatoms. The summed E-state index contributed by atoms with van der Waals surface area (Å²) in [7, 11) is 0. The Morgan fingerprint density at radius 3 is 2.93 bits per heavy atom. The molecule has 0 saturated heterocycles. The molecule has 0 saturated carbocycles.